The molecule has 180 valence electrons. The molecule has 1 aliphatic heterocycles. The summed E-state index contributed by atoms with van der Waals surface area (Å²) >= 11 is 1.33. The molecule has 1 unspecified atom stereocenters. The SMILES string of the molecule is Cc1cccc(-c2nnc(SCC(=O)N(CC(C)C)C3CCS(=O)(=O)C3)n2-c2ccccc2)c1. The van der Waals surface area contributed by atoms with E-state index in [9.17, 15) is 13.2 Å². The molecule has 0 aliphatic carbocycles. The number of carbonyl (C=O) groups excluding carboxylic acids is 1. The van der Waals surface area contributed by atoms with Crippen molar-refractivity contribution in [3.8, 4) is 17.1 Å². The molecule has 2 aromatic carbocycles. The molecule has 0 spiro atoms. The molecular weight excluding hydrogens is 468 g/mol. The Morgan fingerprint density at radius 2 is 1.91 bits per heavy atom. The molecule has 34 heavy (non-hydrogen) atoms. The zero-order valence-electron chi connectivity index (χ0n) is 19.7. The zero-order valence-corrected chi connectivity index (χ0v) is 21.3. The van der Waals surface area contributed by atoms with E-state index in [0.29, 0.717) is 23.9 Å². The molecule has 1 aromatic heterocycles. The molecule has 0 radical (unpaired) electrons. The zero-order chi connectivity index (χ0) is 24.3. The van der Waals surface area contributed by atoms with Crippen LogP contribution in [0.1, 0.15) is 25.8 Å². The quantitative estimate of drug-likeness (QED) is 0.437. The smallest absolute Gasteiger partial charge is 0.233 e. The van der Waals surface area contributed by atoms with Crippen LogP contribution in [-0.4, -0.2) is 63.8 Å². The molecule has 2 heterocycles. The molecule has 3 aromatic rings. The predicted molar refractivity (Wildman–Crippen MR) is 136 cm³/mol. The highest BCUT2D eigenvalue weighted by Gasteiger charge is 2.35. The van der Waals surface area contributed by atoms with E-state index in [1.165, 1.54) is 11.8 Å². The van der Waals surface area contributed by atoms with Crippen LogP contribution < -0.4 is 0 Å². The van der Waals surface area contributed by atoms with Crippen LogP contribution in [0, 0.1) is 12.8 Å². The summed E-state index contributed by atoms with van der Waals surface area (Å²) in [5.41, 5.74) is 2.99. The van der Waals surface area contributed by atoms with Crippen LogP contribution in [0.25, 0.3) is 17.1 Å². The number of rotatable bonds is 8. The van der Waals surface area contributed by atoms with Gasteiger partial charge < -0.3 is 4.90 Å². The Morgan fingerprint density at radius 3 is 2.56 bits per heavy atom. The number of hydrogen-bond acceptors (Lipinski definition) is 6. The van der Waals surface area contributed by atoms with Gasteiger partial charge in [-0.1, -0.05) is 67.6 Å². The van der Waals surface area contributed by atoms with Crippen molar-refractivity contribution in [2.75, 3.05) is 23.8 Å². The van der Waals surface area contributed by atoms with Crippen molar-refractivity contribution in [1.29, 1.82) is 0 Å². The van der Waals surface area contributed by atoms with Gasteiger partial charge in [-0.25, -0.2) is 8.42 Å². The predicted octanol–water partition coefficient (Wildman–Crippen LogP) is 4.01. The van der Waals surface area contributed by atoms with Crippen molar-refractivity contribution in [3.63, 3.8) is 0 Å². The maximum absolute atomic E-state index is 13.3. The van der Waals surface area contributed by atoms with Crippen molar-refractivity contribution in [3.05, 3.63) is 60.2 Å². The van der Waals surface area contributed by atoms with Crippen LogP contribution in [0.5, 0.6) is 0 Å². The summed E-state index contributed by atoms with van der Waals surface area (Å²) in [6.07, 6.45) is 0.503. The third kappa shape index (κ3) is 5.70. The minimum Gasteiger partial charge on any atom is -0.338 e. The number of aromatic nitrogens is 3. The average molecular weight is 499 g/mol. The van der Waals surface area contributed by atoms with Crippen LogP contribution in [-0.2, 0) is 14.6 Å². The van der Waals surface area contributed by atoms with Gasteiger partial charge in [0.1, 0.15) is 0 Å². The van der Waals surface area contributed by atoms with Gasteiger partial charge in [0.05, 0.1) is 17.3 Å². The van der Waals surface area contributed by atoms with Crippen LogP contribution in [0.2, 0.25) is 0 Å². The van der Waals surface area contributed by atoms with Crippen molar-refractivity contribution >= 4 is 27.5 Å². The second-order valence-corrected chi connectivity index (χ2v) is 12.3. The van der Waals surface area contributed by atoms with Crippen LogP contribution in [0.4, 0.5) is 0 Å². The molecule has 1 atom stereocenters. The standard InChI is InChI=1S/C25H30N4O3S2/c1-18(2)15-28(22-12-13-34(31,32)17-22)23(30)16-33-25-27-26-24(20-9-7-8-19(3)14-20)29(25)21-10-5-4-6-11-21/h4-11,14,18,22H,12-13,15-17H2,1-3H3. The minimum absolute atomic E-state index is 0.0494. The maximum atomic E-state index is 13.3. The number of benzene rings is 2. The van der Waals surface area contributed by atoms with Gasteiger partial charge in [-0.15, -0.1) is 10.2 Å². The summed E-state index contributed by atoms with van der Waals surface area (Å²) in [5.74, 6) is 1.26. The molecule has 0 bridgehead atoms. The lowest BCUT2D eigenvalue weighted by Crippen LogP contribution is -2.44. The fourth-order valence-corrected chi connectivity index (χ4v) is 6.79. The van der Waals surface area contributed by atoms with E-state index >= 15 is 0 Å². The van der Waals surface area contributed by atoms with Crippen LogP contribution >= 0.6 is 11.8 Å². The van der Waals surface area contributed by atoms with E-state index in [1.807, 2.05) is 73.9 Å². The lowest BCUT2D eigenvalue weighted by molar-refractivity contribution is -0.130. The normalized spacial score (nSPS) is 17.2. The fraction of sp³-hybridized carbons (Fsp3) is 0.400. The van der Waals surface area contributed by atoms with Crippen molar-refractivity contribution in [1.82, 2.24) is 19.7 Å². The molecule has 1 saturated heterocycles. The molecule has 7 nitrogen and oxygen atoms in total. The number of aryl methyl sites for hydroxylation is 1. The highest BCUT2D eigenvalue weighted by Crippen LogP contribution is 2.29. The van der Waals surface area contributed by atoms with Crippen molar-refractivity contribution < 1.29 is 13.2 Å². The Balaban J connectivity index is 1.60. The van der Waals surface area contributed by atoms with Gasteiger partial charge >= 0.3 is 0 Å². The number of hydrogen-bond donors (Lipinski definition) is 0. The lowest BCUT2D eigenvalue weighted by atomic mass is 10.1. The monoisotopic (exact) mass is 498 g/mol. The summed E-state index contributed by atoms with van der Waals surface area (Å²) in [5, 5.41) is 9.50. The second-order valence-electron chi connectivity index (χ2n) is 9.13. The van der Waals surface area contributed by atoms with Crippen LogP contribution in [0.3, 0.4) is 0 Å². The average Bonchev–Trinajstić information content (AvgIpc) is 3.39. The molecule has 1 amide bonds. The number of sulfone groups is 1. The third-order valence-corrected chi connectivity index (χ3v) is 8.44. The molecule has 4 rings (SSSR count). The highest BCUT2D eigenvalue weighted by molar-refractivity contribution is 7.99. The largest absolute Gasteiger partial charge is 0.338 e. The van der Waals surface area contributed by atoms with Crippen LogP contribution in [0.15, 0.2) is 59.8 Å². The lowest BCUT2D eigenvalue weighted by Gasteiger charge is -2.29. The Morgan fingerprint density at radius 1 is 1.15 bits per heavy atom. The van der Waals surface area contributed by atoms with E-state index in [1.54, 1.807) is 4.90 Å². The van der Waals surface area contributed by atoms with Crippen molar-refractivity contribution in [2.24, 2.45) is 5.92 Å². The van der Waals surface area contributed by atoms with Gasteiger partial charge in [-0.05, 0) is 37.5 Å². The van der Waals surface area contributed by atoms with Gasteiger partial charge in [0.2, 0.25) is 5.91 Å². The van der Waals surface area contributed by atoms with E-state index in [0.717, 1.165) is 16.8 Å². The van der Waals surface area contributed by atoms with Gasteiger partial charge in [-0.3, -0.25) is 9.36 Å². The van der Waals surface area contributed by atoms with Gasteiger partial charge in [-0.2, -0.15) is 0 Å². The Hall–Kier alpha value is -2.65. The number of para-hydroxylation sites is 1. The summed E-state index contributed by atoms with van der Waals surface area (Å²) < 4.78 is 26.0. The highest BCUT2D eigenvalue weighted by atomic mass is 32.2. The maximum Gasteiger partial charge on any atom is 0.233 e. The summed E-state index contributed by atoms with van der Waals surface area (Å²) in [6, 6.07) is 17.7. The van der Waals surface area contributed by atoms with E-state index in [-0.39, 0.29) is 35.1 Å². The molecule has 9 heteroatoms. The van der Waals surface area contributed by atoms with E-state index in [2.05, 4.69) is 16.3 Å². The van der Waals surface area contributed by atoms with Crippen molar-refractivity contribution in [2.45, 2.75) is 38.4 Å². The molecule has 1 aliphatic rings. The second kappa shape index (κ2) is 10.3. The summed E-state index contributed by atoms with van der Waals surface area (Å²) in [4.78, 5) is 15.0. The third-order valence-electron chi connectivity index (χ3n) is 5.78. The van der Waals surface area contributed by atoms with E-state index in [4.69, 9.17) is 0 Å². The first-order valence-electron chi connectivity index (χ1n) is 11.4. The number of amides is 1. The van der Waals surface area contributed by atoms with Gasteiger partial charge in [0.25, 0.3) is 0 Å². The summed E-state index contributed by atoms with van der Waals surface area (Å²) in [7, 11) is -3.08. The first kappa shape index (κ1) is 24.5. The van der Waals surface area contributed by atoms with Gasteiger partial charge in [0, 0.05) is 23.8 Å². The molecule has 1 fully saturated rings. The molecular formula is C25H30N4O3S2. The molecule has 0 saturated carbocycles. The number of carbonyl (C=O) groups is 1. The minimum atomic E-state index is -3.08. The Labute approximate surface area is 205 Å². The first-order valence-corrected chi connectivity index (χ1v) is 14.2. The Kier molecular flexibility index (Phi) is 7.42. The first-order chi connectivity index (χ1) is 16.2. The number of nitrogens with zero attached hydrogens (tertiary/aromatic N) is 4. The van der Waals surface area contributed by atoms with Gasteiger partial charge in [0.15, 0.2) is 20.8 Å². The Bertz CT molecular complexity index is 1260. The topological polar surface area (TPSA) is 85.2 Å². The molecule has 0 N–H and O–H groups in total. The summed E-state index contributed by atoms with van der Waals surface area (Å²) in [6.45, 7) is 6.65. The number of thioether (sulfide) groups is 1. The fourth-order valence-electron chi connectivity index (χ4n) is 4.22. The van der Waals surface area contributed by atoms with E-state index < -0.39 is 9.84 Å².